The van der Waals surface area contributed by atoms with Crippen molar-refractivity contribution >= 4 is 25.4 Å². The van der Waals surface area contributed by atoms with Crippen LogP contribution < -0.4 is 0 Å². The van der Waals surface area contributed by atoms with Gasteiger partial charge in [0, 0.05) is 5.82 Å². The minimum Gasteiger partial charge on any atom is -0.438 e. The zero-order valence-corrected chi connectivity index (χ0v) is 25.4. The number of benzene rings is 2. The van der Waals surface area contributed by atoms with Gasteiger partial charge in [-0.25, -0.2) is 5.06 Å². The molecule has 11 heteroatoms. The van der Waals surface area contributed by atoms with Crippen molar-refractivity contribution in [2.75, 3.05) is 20.1 Å². The van der Waals surface area contributed by atoms with Crippen molar-refractivity contribution in [1.29, 1.82) is 0 Å². The minimum atomic E-state index is -4.09. The molecule has 224 valence electrons. The zero-order valence-electron chi connectivity index (χ0n) is 24.5. The van der Waals surface area contributed by atoms with Crippen LogP contribution in [0.25, 0.3) is 0 Å². The Hall–Kier alpha value is -3.30. The Kier molecular flexibility index (Phi) is 12.9. The summed E-state index contributed by atoms with van der Waals surface area (Å²) in [6.07, 6.45) is 1.46. The van der Waals surface area contributed by atoms with Gasteiger partial charge in [0.25, 0.3) is 5.91 Å². The van der Waals surface area contributed by atoms with E-state index in [4.69, 9.17) is 23.4 Å². The molecule has 0 aliphatic rings. The lowest BCUT2D eigenvalue weighted by Crippen LogP contribution is -2.32. The summed E-state index contributed by atoms with van der Waals surface area (Å²) in [5, 5.41) is 1.15. The van der Waals surface area contributed by atoms with E-state index in [0.29, 0.717) is 0 Å². The van der Waals surface area contributed by atoms with Gasteiger partial charge in [-0.1, -0.05) is 66.7 Å². The Bertz CT molecular complexity index is 1170. The maximum atomic E-state index is 13.4. The van der Waals surface area contributed by atoms with Crippen LogP contribution in [0.2, 0.25) is 0 Å². The summed E-state index contributed by atoms with van der Waals surface area (Å²) in [4.78, 5) is 43.1. The van der Waals surface area contributed by atoms with Crippen LogP contribution in [-0.4, -0.2) is 43.0 Å². The highest BCUT2D eigenvalue weighted by atomic mass is 31.2. The van der Waals surface area contributed by atoms with Crippen molar-refractivity contribution in [1.82, 2.24) is 5.06 Å². The molecule has 0 bridgehead atoms. The van der Waals surface area contributed by atoms with Gasteiger partial charge in [0.05, 0.1) is 23.8 Å². The van der Waals surface area contributed by atoms with E-state index in [9.17, 15) is 18.9 Å². The standard InChI is InChI=1S/C30H40NO9P/c1-29(2,3)27(33)36-22-39-41(35,40-23-37-28(34)30(4,5)6)19-13-18-31(38-21-25-16-11-8-12-17-25)26(32)20-24-14-9-7-10-15-24/h7-17,19H,18,20-23H2,1-6H3/b19-13+. The number of rotatable bonds is 14. The predicted molar refractivity (Wildman–Crippen MR) is 153 cm³/mol. The molecular formula is C30H40NO9P. The molecule has 0 fully saturated rings. The van der Waals surface area contributed by atoms with Gasteiger partial charge < -0.3 is 9.47 Å². The third-order valence-electron chi connectivity index (χ3n) is 5.34. The molecule has 0 unspecified atom stereocenters. The smallest absolute Gasteiger partial charge is 0.359 e. The van der Waals surface area contributed by atoms with E-state index in [0.717, 1.165) is 22.0 Å². The number of carbonyl (C=O) groups is 3. The number of hydrogen-bond acceptors (Lipinski definition) is 9. The van der Waals surface area contributed by atoms with E-state index in [1.54, 1.807) is 41.5 Å². The molecule has 0 atom stereocenters. The maximum absolute atomic E-state index is 13.4. The number of hydrogen-bond donors (Lipinski definition) is 0. The van der Waals surface area contributed by atoms with Gasteiger partial charge in [-0.2, -0.15) is 0 Å². The molecule has 0 radical (unpaired) electrons. The minimum absolute atomic E-state index is 0.0830. The molecule has 0 aliphatic carbocycles. The summed E-state index contributed by atoms with van der Waals surface area (Å²) < 4.78 is 34.2. The zero-order chi connectivity index (χ0) is 30.5. The van der Waals surface area contributed by atoms with E-state index < -0.39 is 44.0 Å². The molecule has 2 rings (SSSR count). The highest BCUT2D eigenvalue weighted by Crippen LogP contribution is 2.50. The van der Waals surface area contributed by atoms with Gasteiger partial charge in [-0.05, 0) is 52.7 Å². The number of esters is 2. The van der Waals surface area contributed by atoms with Crippen molar-refractivity contribution in [3.05, 3.63) is 83.7 Å². The van der Waals surface area contributed by atoms with Gasteiger partial charge in [-0.15, -0.1) is 0 Å². The fourth-order valence-electron chi connectivity index (χ4n) is 2.95. The fourth-order valence-corrected chi connectivity index (χ4v) is 3.95. The predicted octanol–water partition coefficient (Wildman–Crippen LogP) is 6.02. The van der Waals surface area contributed by atoms with E-state index in [1.807, 2.05) is 60.7 Å². The lowest BCUT2D eigenvalue weighted by molar-refractivity contribution is -0.187. The number of amides is 1. The van der Waals surface area contributed by atoms with Crippen LogP contribution in [0.4, 0.5) is 0 Å². The Labute approximate surface area is 242 Å². The van der Waals surface area contributed by atoms with Gasteiger partial charge in [-0.3, -0.25) is 32.8 Å². The molecule has 10 nitrogen and oxygen atoms in total. The van der Waals surface area contributed by atoms with Crippen LogP contribution in [0.1, 0.15) is 52.7 Å². The summed E-state index contributed by atoms with van der Waals surface area (Å²) in [5.74, 6) is -0.359. The summed E-state index contributed by atoms with van der Waals surface area (Å²) >= 11 is 0. The Morgan fingerprint density at radius 1 is 0.756 bits per heavy atom. The highest BCUT2D eigenvalue weighted by molar-refractivity contribution is 7.57. The molecule has 41 heavy (non-hydrogen) atoms. The third kappa shape index (κ3) is 12.8. The lowest BCUT2D eigenvalue weighted by Gasteiger charge is -2.22. The molecule has 1 amide bonds. The van der Waals surface area contributed by atoms with Crippen molar-refractivity contribution < 1.29 is 42.3 Å². The molecule has 0 saturated carbocycles. The second-order valence-electron chi connectivity index (χ2n) is 11.2. The van der Waals surface area contributed by atoms with E-state index >= 15 is 0 Å². The number of hydroxylamine groups is 2. The van der Waals surface area contributed by atoms with Crippen molar-refractivity contribution in [3.8, 4) is 0 Å². The lowest BCUT2D eigenvalue weighted by atomic mass is 9.98. The number of carbonyl (C=O) groups excluding carboxylic acids is 3. The average molecular weight is 590 g/mol. The second-order valence-corrected chi connectivity index (χ2v) is 13.1. The van der Waals surface area contributed by atoms with E-state index in [2.05, 4.69) is 0 Å². The largest absolute Gasteiger partial charge is 0.438 e. The first-order valence-electron chi connectivity index (χ1n) is 13.1. The van der Waals surface area contributed by atoms with Crippen LogP contribution in [0.15, 0.2) is 72.6 Å². The summed E-state index contributed by atoms with van der Waals surface area (Å²) in [6, 6.07) is 18.5. The van der Waals surface area contributed by atoms with Crippen molar-refractivity contribution in [3.63, 3.8) is 0 Å². The van der Waals surface area contributed by atoms with Crippen LogP contribution in [-0.2, 0) is 55.3 Å². The van der Waals surface area contributed by atoms with Crippen LogP contribution >= 0.6 is 7.60 Å². The van der Waals surface area contributed by atoms with Gasteiger partial charge in [0.1, 0.15) is 6.61 Å². The molecule has 2 aromatic carbocycles. The normalized spacial score (nSPS) is 12.2. The number of nitrogens with zero attached hydrogens (tertiary/aromatic N) is 1. The quantitative estimate of drug-likeness (QED) is 0.113. The Morgan fingerprint density at radius 2 is 1.22 bits per heavy atom. The molecule has 0 spiro atoms. The monoisotopic (exact) mass is 589 g/mol. The Morgan fingerprint density at radius 3 is 1.68 bits per heavy atom. The highest BCUT2D eigenvalue weighted by Gasteiger charge is 2.28. The second kappa shape index (κ2) is 15.6. The first kappa shape index (κ1) is 33.9. The third-order valence-corrected chi connectivity index (χ3v) is 6.84. The Balaban J connectivity index is 2.15. The van der Waals surface area contributed by atoms with Gasteiger partial charge in [0.2, 0.25) is 13.6 Å². The first-order chi connectivity index (χ1) is 19.2. The van der Waals surface area contributed by atoms with Gasteiger partial charge >= 0.3 is 19.5 Å². The maximum Gasteiger partial charge on any atom is 0.359 e. The molecule has 0 heterocycles. The summed E-state index contributed by atoms with van der Waals surface area (Å²) in [5.41, 5.74) is 0.0467. The van der Waals surface area contributed by atoms with Crippen LogP contribution in [0.3, 0.4) is 0 Å². The number of ether oxygens (including phenoxy) is 2. The summed E-state index contributed by atoms with van der Waals surface area (Å²) in [7, 11) is -4.09. The molecule has 0 aromatic heterocycles. The van der Waals surface area contributed by atoms with Crippen molar-refractivity contribution in [2.45, 2.75) is 54.6 Å². The molecule has 2 aromatic rings. The topological polar surface area (TPSA) is 118 Å². The van der Waals surface area contributed by atoms with Gasteiger partial charge in [0.15, 0.2) is 0 Å². The van der Waals surface area contributed by atoms with Crippen molar-refractivity contribution in [2.24, 2.45) is 10.8 Å². The molecule has 0 saturated heterocycles. The molecule has 0 aliphatic heterocycles. The average Bonchev–Trinajstić information content (AvgIpc) is 2.90. The summed E-state index contributed by atoms with van der Waals surface area (Å²) in [6.45, 7) is 8.67. The van der Waals surface area contributed by atoms with E-state index in [1.165, 1.54) is 6.08 Å². The molecular weight excluding hydrogens is 549 g/mol. The van der Waals surface area contributed by atoms with Crippen LogP contribution in [0.5, 0.6) is 0 Å². The first-order valence-corrected chi connectivity index (χ1v) is 14.7. The fraction of sp³-hybridized carbons (Fsp3) is 0.433. The molecule has 0 N–H and O–H groups in total. The van der Waals surface area contributed by atoms with E-state index in [-0.39, 0.29) is 25.5 Å². The van der Waals surface area contributed by atoms with Crippen LogP contribution in [0, 0.1) is 10.8 Å². The SMILES string of the molecule is CC(C)(C)C(=O)OCOP(=O)(/C=C/CN(OCc1ccccc1)C(=O)Cc1ccccc1)OCOC(=O)C(C)(C)C.